The van der Waals surface area contributed by atoms with Crippen LogP contribution in [0.1, 0.15) is 29.9 Å². The molecule has 0 radical (unpaired) electrons. The van der Waals surface area contributed by atoms with Crippen LogP contribution in [0.25, 0.3) is 23.1 Å². The molecule has 2 aromatic heterocycles. The molecule has 1 atom stereocenters. The molecule has 210 valence electrons. The topological polar surface area (TPSA) is 73.8 Å². The van der Waals surface area contributed by atoms with Crippen LogP contribution in [-0.4, -0.2) is 23.4 Å². The fourth-order valence-electron chi connectivity index (χ4n) is 4.87. The minimum atomic E-state index is -0.727. The maximum atomic E-state index is 14.1. The number of rotatable bonds is 7. The van der Waals surface area contributed by atoms with E-state index in [1.165, 1.54) is 11.3 Å². The first kappa shape index (κ1) is 28.0. The first-order valence-corrected chi connectivity index (χ1v) is 15.7. The number of benzene rings is 3. The zero-order chi connectivity index (χ0) is 29.2. The Morgan fingerprint density at radius 2 is 1.76 bits per heavy atom. The third-order valence-corrected chi connectivity index (χ3v) is 8.81. The number of carbonyl (C=O) groups excluding carboxylic acids is 1. The van der Waals surface area contributed by atoms with Gasteiger partial charge in [-0.2, -0.15) is 0 Å². The van der Waals surface area contributed by atoms with Crippen molar-refractivity contribution in [1.29, 1.82) is 0 Å². The Balaban J connectivity index is 1.55. The van der Waals surface area contributed by atoms with Crippen molar-refractivity contribution in [2.24, 2.45) is 4.99 Å². The van der Waals surface area contributed by atoms with Crippen molar-refractivity contribution in [2.75, 3.05) is 12.9 Å². The highest BCUT2D eigenvalue weighted by Crippen LogP contribution is 2.35. The zero-order valence-electron chi connectivity index (χ0n) is 22.7. The number of halogens is 1. The fourth-order valence-corrected chi connectivity index (χ4v) is 6.39. The third-order valence-electron chi connectivity index (χ3n) is 6.83. The summed E-state index contributed by atoms with van der Waals surface area (Å²) in [4.78, 5) is 34.1. The smallest absolute Gasteiger partial charge is 0.338 e. The van der Waals surface area contributed by atoms with Crippen LogP contribution in [0.4, 0.5) is 0 Å². The van der Waals surface area contributed by atoms with Crippen LogP contribution in [0.3, 0.4) is 0 Å². The number of thioether (sulfide) groups is 1. The van der Waals surface area contributed by atoms with Gasteiger partial charge in [-0.25, -0.2) is 9.79 Å². The molecule has 0 N–H and O–H groups in total. The molecule has 0 saturated heterocycles. The number of nitrogens with zero attached hydrogens (tertiary/aromatic N) is 2. The van der Waals surface area contributed by atoms with Crippen molar-refractivity contribution < 1.29 is 13.9 Å². The van der Waals surface area contributed by atoms with Gasteiger partial charge < -0.3 is 9.15 Å². The average Bonchev–Trinajstić information content (AvgIpc) is 3.61. The molecular formula is C33H25ClN2O4S2. The minimum absolute atomic E-state index is 0.196. The molecule has 42 heavy (non-hydrogen) atoms. The number of hydrogen-bond acceptors (Lipinski definition) is 7. The van der Waals surface area contributed by atoms with Crippen LogP contribution in [0, 0.1) is 0 Å². The molecule has 1 aliphatic rings. The van der Waals surface area contributed by atoms with Crippen molar-refractivity contribution in [3.05, 3.63) is 138 Å². The molecule has 1 aliphatic heterocycles. The predicted molar refractivity (Wildman–Crippen MR) is 168 cm³/mol. The van der Waals surface area contributed by atoms with Crippen molar-refractivity contribution in [1.82, 2.24) is 4.57 Å². The molecular weight excluding hydrogens is 588 g/mol. The molecule has 3 heterocycles. The Kier molecular flexibility index (Phi) is 8.02. The number of furan rings is 1. The minimum Gasteiger partial charge on any atom is -0.463 e. The average molecular weight is 613 g/mol. The summed E-state index contributed by atoms with van der Waals surface area (Å²) in [6.45, 7) is 1.96. The van der Waals surface area contributed by atoms with E-state index in [0.29, 0.717) is 37.1 Å². The molecule has 0 bridgehead atoms. The van der Waals surface area contributed by atoms with Crippen molar-refractivity contribution in [3.63, 3.8) is 0 Å². The number of hydrogen-bond donors (Lipinski definition) is 0. The van der Waals surface area contributed by atoms with Crippen LogP contribution in [0.2, 0.25) is 5.02 Å². The molecule has 9 heteroatoms. The quantitative estimate of drug-likeness (QED) is 0.154. The zero-order valence-corrected chi connectivity index (χ0v) is 25.1. The molecule has 6 rings (SSSR count). The number of aromatic nitrogens is 1. The first-order valence-electron chi connectivity index (χ1n) is 13.2. The summed E-state index contributed by atoms with van der Waals surface area (Å²) in [5.41, 5.74) is 2.97. The molecule has 0 unspecified atom stereocenters. The first-order chi connectivity index (χ1) is 20.5. The Morgan fingerprint density at radius 1 is 1.02 bits per heavy atom. The number of ether oxygens (including phenoxy) is 1. The molecule has 5 aromatic rings. The van der Waals surface area contributed by atoms with E-state index >= 15 is 0 Å². The van der Waals surface area contributed by atoms with E-state index in [0.717, 1.165) is 21.6 Å². The van der Waals surface area contributed by atoms with E-state index < -0.39 is 12.0 Å². The lowest BCUT2D eigenvalue weighted by atomic mass is 9.93. The number of carbonyl (C=O) groups is 1. The second-order valence-electron chi connectivity index (χ2n) is 9.41. The molecule has 0 saturated carbocycles. The summed E-state index contributed by atoms with van der Waals surface area (Å²) in [5, 5.41) is 0.640. The van der Waals surface area contributed by atoms with E-state index in [1.54, 1.807) is 41.5 Å². The molecule has 0 fully saturated rings. The van der Waals surface area contributed by atoms with Gasteiger partial charge >= 0.3 is 5.97 Å². The van der Waals surface area contributed by atoms with E-state index in [-0.39, 0.29) is 12.2 Å². The summed E-state index contributed by atoms with van der Waals surface area (Å²) in [7, 11) is 0. The molecule has 0 aliphatic carbocycles. The molecule has 0 spiro atoms. The van der Waals surface area contributed by atoms with Gasteiger partial charge in [-0.15, -0.1) is 11.8 Å². The Hall–Kier alpha value is -4.11. The van der Waals surface area contributed by atoms with Gasteiger partial charge in [-0.3, -0.25) is 9.36 Å². The largest absolute Gasteiger partial charge is 0.463 e. The third kappa shape index (κ3) is 5.41. The van der Waals surface area contributed by atoms with Gasteiger partial charge in [0.2, 0.25) is 0 Å². The monoisotopic (exact) mass is 612 g/mol. The van der Waals surface area contributed by atoms with Crippen molar-refractivity contribution in [3.8, 4) is 11.3 Å². The summed E-state index contributed by atoms with van der Waals surface area (Å²) < 4.78 is 13.6. The predicted octanol–water partition coefficient (Wildman–Crippen LogP) is 6.57. The van der Waals surface area contributed by atoms with Gasteiger partial charge in [-0.05, 0) is 67.3 Å². The van der Waals surface area contributed by atoms with Gasteiger partial charge in [-0.1, -0.05) is 65.4 Å². The lowest BCUT2D eigenvalue weighted by Crippen LogP contribution is -2.40. The van der Waals surface area contributed by atoms with E-state index in [9.17, 15) is 9.59 Å². The van der Waals surface area contributed by atoms with Crippen LogP contribution >= 0.6 is 34.7 Å². The Labute approximate surface area is 255 Å². The fraction of sp³-hybridized carbons (Fsp3) is 0.121. The lowest BCUT2D eigenvalue weighted by Gasteiger charge is -2.26. The standard InChI is InChI=1S/C33H25ClN2O4S2/c1-3-39-32(38)28-29(21-7-5-4-6-8-21)35-33-36(30(28)22-11-16-25(41-2)17-12-22)31(37)27(42-33)19-24-15-18-26(40-24)20-9-13-23(34)14-10-20/h4-19,30H,3H2,1-2H3/b27-19-/t30-/m1/s1. The Bertz CT molecular complexity index is 1970. The van der Waals surface area contributed by atoms with E-state index in [2.05, 4.69) is 0 Å². The number of esters is 1. The summed E-state index contributed by atoms with van der Waals surface area (Å²) in [6.07, 6.45) is 3.72. The van der Waals surface area contributed by atoms with E-state index in [1.807, 2.05) is 85.1 Å². The normalized spacial score (nSPS) is 14.9. The summed E-state index contributed by atoms with van der Waals surface area (Å²) >= 11 is 8.91. The van der Waals surface area contributed by atoms with Crippen molar-refractivity contribution >= 4 is 52.4 Å². The van der Waals surface area contributed by atoms with Gasteiger partial charge in [0, 0.05) is 27.1 Å². The van der Waals surface area contributed by atoms with Gasteiger partial charge in [0.25, 0.3) is 5.56 Å². The van der Waals surface area contributed by atoms with Gasteiger partial charge in [0.05, 0.1) is 28.5 Å². The van der Waals surface area contributed by atoms with E-state index in [4.69, 9.17) is 25.7 Å². The highest BCUT2D eigenvalue weighted by atomic mass is 35.5. The molecule has 0 amide bonds. The van der Waals surface area contributed by atoms with Crippen LogP contribution in [-0.2, 0) is 9.53 Å². The van der Waals surface area contributed by atoms with Gasteiger partial charge in [0.15, 0.2) is 4.80 Å². The molecule has 3 aromatic carbocycles. The highest BCUT2D eigenvalue weighted by Gasteiger charge is 2.35. The maximum Gasteiger partial charge on any atom is 0.338 e. The number of fused-ring (bicyclic) bond motifs is 1. The van der Waals surface area contributed by atoms with Crippen LogP contribution in [0.5, 0.6) is 0 Å². The number of thiazole rings is 1. The lowest BCUT2D eigenvalue weighted by molar-refractivity contribution is -0.138. The summed E-state index contributed by atoms with van der Waals surface area (Å²) in [6, 6.07) is 27.7. The SMILES string of the molecule is CCOC(=O)C1=C(c2ccccc2)N=c2s/c(=C\c3ccc(-c4ccc(Cl)cc4)o3)c(=O)n2[C@@H]1c1ccc(SC)cc1. The van der Waals surface area contributed by atoms with Gasteiger partial charge in [0.1, 0.15) is 11.5 Å². The van der Waals surface area contributed by atoms with Crippen LogP contribution < -0.4 is 14.9 Å². The second kappa shape index (κ2) is 12.0. The van der Waals surface area contributed by atoms with Crippen LogP contribution in [0.15, 0.2) is 116 Å². The second-order valence-corrected chi connectivity index (χ2v) is 11.7. The maximum absolute atomic E-state index is 14.1. The molecule has 6 nitrogen and oxygen atoms in total. The van der Waals surface area contributed by atoms with Crippen molar-refractivity contribution in [2.45, 2.75) is 17.9 Å². The summed E-state index contributed by atoms with van der Waals surface area (Å²) in [5.74, 6) is 0.680. The highest BCUT2D eigenvalue weighted by molar-refractivity contribution is 7.98. The Morgan fingerprint density at radius 3 is 2.45 bits per heavy atom.